The van der Waals surface area contributed by atoms with Gasteiger partial charge in [0.25, 0.3) is 0 Å². The van der Waals surface area contributed by atoms with E-state index in [-0.39, 0.29) is 0 Å². The van der Waals surface area contributed by atoms with Crippen molar-refractivity contribution in [2.75, 3.05) is 33.4 Å². The van der Waals surface area contributed by atoms with E-state index in [2.05, 4.69) is 74.5 Å². The number of hydrogen-bond acceptors (Lipinski definition) is 3. The highest BCUT2D eigenvalue weighted by Gasteiger charge is 2.30. The van der Waals surface area contributed by atoms with E-state index >= 15 is 0 Å². The van der Waals surface area contributed by atoms with E-state index in [1.165, 1.54) is 24.1 Å². The second-order valence-electron chi connectivity index (χ2n) is 9.40. The van der Waals surface area contributed by atoms with Gasteiger partial charge in [-0.25, -0.2) is 0 Å². The largest absolute Gasteiger partial charge is 0.493 e. The van der Waals surface area contributed by atoms with Crippen LogP contribution in [-0.4, -0.2) is 50.7 Å². The van der Waals surface area contributed by atoms with Crippen LogP contribution in [0, 0.1) is 18.8 Å². The average molecular weight is 480 g/mol. The summed E-state index contributed by atoms with van der Waals surface area (Å²) >= 11 is 0. The SMILES string of the molecule is C#C.CC(C)C1CC(c2ccccc2)CCN1C=O.CCOc1c(OC)cccc1[C@H]1CC[NH2+]C1. The quantitative estimate of drug-likeness (QED) is 0.472. The van der Waals surface area contributed by atoms with Gasteiger partial charge in [0, 0.05) is 30.5 Å². The number of para-hydroxylation sites is 1. The van der Waals surface area contributed by atoms with Gasteiger partial charge in [-0.05, 0) is 43.2 Å². The Bertz CT molecular complexity index is 891. The van der Waals surface area contributed by atoms with Crippen molar-refractivity contribution in [1.29, 1.82) is 0 Å². The summed E-state index contributed by atoms with van der Waals surface area (Å²) in [5.74, 6) is 3.54. The number of amides is 1. The number of likely N-dealkylation sites (tertiary alicyclic amines) is 1. The van der Waals surface area contributed by atoms with Crippen molar-refractivity contribution in [3.8, 4) is 24.3 Å². The smallest absolute Gasteiger partial charge is 0.209 e. The van der Waals surface area contributed by atoms with Crippen LogP contribution in [0.15, 0.2) is 48.5 Å². The molecular formula is C30H43N2O3+. The zero-order chi connectivity index (χ0) is 25.6. The van der Waals surface area contributed by atoms with Crippen LogP contribution in [0.2, 0.25) is 0 Å². The molecule has 2 saturated heterocycles. The average Bonchev–Trinajstić information content (AvgIpc) is 3.45. The van der Waals surface area contributed by atoms with Crippen LogP contribution in [0.25, 0.3) is 0 Å². The Hall–Kier alpha value is -2.97. The standard InChI is InChI=1S/C15H21NO.C13H19NO2.C2H2/c1-12(2)15-10-14(8-9-16(15)11-17)13-6-4-3-5-7-13;1-3-16-13-11(10-7-8-14-9-10)5-4-6-12(13)15-2;1-2/h3-7,11-12,14-15H,8-10H2,1-2H3;4-6,10,14H,3,7-9H2,1-2H3;1-2H/p+1/t;10-;/m.0./s1. The molecule has 4 rings (SSSR count). The molecule has 0 radical (unpaired) electrons. The number of piperidine rings is 1. The number of rotatable bonds is 7. The van der Waals surface area contributed by atoms with Crippen molar-refractivity contribution >= 4 is 6.41 Å². The minimum atomic E-state index is 0.395. The molecule has 2 aromatic rings. The van der Waals surface area contributed by atoms with Gasteiger partial charge in [-0.2, -0.15) is 0 Å². The van der Waals surface area contributed by atoms with Crippen molar-refractivity contribution in [1.82, 2.24) is 4.90 Å². The minimum Gasteiger partial charge on any atom is -0.493 e. The first-order chi connectivity index (χ1) is 17.1. The summed E-state index contributed by atoms with van der Waals surface area (Å²) in [4.78, 5) is 13.0. The lowest BCUT2D eigenvalue weighted by molar-refractivity contribution is -0.636. The number of nitrogens with two attached hydrogens (primary N) is 1. The zero-order valence-electron chi connectivity index (χ0n) is 21.9. The maximum atomic E-state index is 11.0. The van der Waals surface area contributed by atoms with E-state index in [0.29, 0.717) is 30.4 Å². The van der Waals surface area contributed by atoms with E-state index in [1.807, 2.05) is 17.9 Å². The van der Waals surface area contributed by atoms with E-state index in [1.54, 1.807) is 7.11 Å². The first kappa shape index (κ1) is 28.3. The van der Waals surface area contributed by atoms with Crippen molar-refractivity contribution < 1.29 is 19.6 Å². The van der Waals surface area contributed by atoms with Crippen molar-refractivity contribution in [3.05, 3.63) is 59.7 Å². The number of benzene rings is 2. The molecule has 0 spiro atoms. The molecule has 2 aliphatic rings. The molecule has 2 aliphatic heterocycles. The maximum absolute atomic E-state index is 11.0. The number of methoxy groups -OCH3 is 1. The monoisotopic (exact) mass is 479 g/mol. The molecule has 2 unspecified atom stereocenters. The Morgan fingerprint density at radius 2 is 1.83 bits per heavy atom. The number of terminal acetylenes is 1. The van der Waals surface area contributed by atoms with Crippen LogP contribution in [0.5, 0.6) is 11.5 Å². The molecule has 1 amide bonds. The first-order valence-corrected chi connectivity index (χ1v) is 12.8. The lowest BCUT2D eigenvalue weighted by Crippen LogP contribution is -2.81. The molecule has 0 aromatic heterocycles. The third kappa shape index (κ3) is 7.77. The predicted octanol–water partition coefficient (Wildman–Crippen LogP) is 4.44. The van der Waals surface area contributed by atoms with Gasteiger partial charge in [-0.3, -0.25) is 4.79 Å². The molecule has 5 heteroatoms. The maximum Gasteiger partial charge on any atom is 0.209 e. The van der Waals surface area contributed by atoms with E-state index in [9.17, 15) is 4.79 Å². The molecule has 2 heterocycles. The Labute approximate surface area is 212 Å². The summed E-state index contributed by atoms with van der Waals surface area (Å²) in [6.07, 6.45) is 12.4. The third-order valence-corrected chi connectivity index (χ3v) is 6.99. The minimum absolute atomic E-state index is 0.395. The van der Waals surface area contributed by atoms with Crippen LogP contribution < -0.4 is 14.8 Å². The molecule has 190 valence electrons. The van der Waals surface area contributed by atoms with Gasteiger partial charge >= 0.3 is 0 Å². The Balaban J connectivity index is 0.000000231. The highest BCUT2D eigenvalue weighted by atomic mass is 16.5. The Kier molecular flexibility index (Phi) is 12.2. The molecule has 2 N–H and O–H groups in total. The predicted molar refractivity (Wildman–Crippen MR) is 143 cm³/mol. The first-order valence-electron chi connectivity index (χ1n) is 12.8. The van der Waals surface area contributed by atoms with Gasteiger partial charge in [0.2, 0.25) is 6.41 Å². The highest BCUT2D eigenvalue weighted by Crippen LogP contribution is 2.37. The fourth-order valence-electron chi connectivity index (χ4n) is 5.18. The van der Waals surface area contributed by atoms with Crippen molar-refractivity contribution in [2.24, 2.45) is 5.92 Å². The third-order valence-electron chi connectivity index (χ3n) is 6.99. The highest BCUT2D eigenvalue weighted by molar-refractivity contribution is 5.49. The fraction of sp³-hybridized carbons (Fsp3) is 0.500. The second kappa shape index (κ2) is 15.1. The molecule has 2 aromatic carbocycles. The molecule has 0 aliphatic carbocycles. The molecule has 2 fully saturated rings. The number of hydrogen-bond donors (Lipinski definition) is 1. The molecular weight excluding hydrogens is 436 g/mol. The normalized spacial score (nSPS) is 21.2. The number of carbonyl (C=O) groups is 1. The van der Waals surface area contributed by atoms with Gasteiger partial charge in [0.05, 0.1) is 26.8 Å². The molecule has 3 atom stereocenters. The lowest BCUT2D eigenvalue weighted by atomic mass is 9.82. The molecule has 0 saturated carbocycles. The summed E-state index contributed by atoms with van der Waals surface area (Å²) < 4.78 is 11.1. The number of quaternary nitrogens is 1. The van der Waals surface area contributed by atoms with E-state index < -0.39 is 0 Å². The van der Waals surface area contributed by atoms with E-state index in [0.717, 1.165) is 43.8 Å². The summed E-state index contributed by atoms with van der Waals surface area (Å²) in [5.41, 5.74) is 2.72. The van der Waals surface area contributed by atoms with Crippen LogP contribution in [-0.2, 0) is 4.79 Å². The summed E-state index contributed by atoms with van der Waals surface area (Å²) in [7, 11) is 1.70. The number of carbonyl (C=O) groups excluding carboxylic acids is 1. The summed E-state index contributed by atoms with van der Waals surface area (Å²) in [6.45, 7) is 10.4. The number of nitrogens with zero attached hydrogens (tertiary/aromatic N) is 1. The van der Waals surface area contributed by atoms with Crippen LogP contribution in [0.1, 0.15) is 63.0 Å². The van der Waals surface area contributed by atoms with Crippen LogP contribution in [0.3, 0.4) is 0 Å². The van der Waals surface area contributed by atoms with Crippen LogP contribution in [0.4, 0.5) is 0 Å². The van der Waals surface area contributed by atoms with Crippen molar-refractivity contribution in [2.45, 2.75) is 57.9 Å². The molecule has 35 heavy (non-hydrogen) atoms. The lowest BCUT2D eigenvalue weighted by Gasteiger charge is -2.39. The van der Waals surface area contributed by atoms with Gasteiger partial charge in [0.15, 0.2) is 11.5 Å². The second-order valence-corrected chi connectivity index (χ2v) is 9.40. The molecule has 5 nitrogen and oxygen atoms in total. The van der Waals surface area contributed by atoms with Gasteiger partial charge in [-0.1, -0.05) is 56.3 Å². The zero-order valence-corrected chi connectivity index (χ0v) is 21.9. The molecule has 0 bridgehead atoms. The van der Waals surface area contributed by atoms with Gasteiger partial charge in [-0.15, -0.1) is 12.8 Å². The van der Waals surface area contributed by atoms with Crippen LogP contribution >= 0.6 is 0 Å². The topological polar surface area (TPSA) is 55.4 Å². The summed E-state index contributed by atoms with van der Waals surface area (Å²) in [6, 6.07) is 17.3. The van der Waals surface area contributed by atoms with Crippen molar-refractivity contribution in [3.63, 3.8) is 0 Å². The van der Waals surface area contributed by atoms with Gasteiger partial charge < -0.3 is 19.7 Å². The number of ether oxygens (including phenoxy) is 2. The Morgan fingerprint density at radius 3 is 2.40 bits per heavy atom. The van der Waals surface area contributed by atoms with Gasteiger partial charge in [0.1, 0.15) is 0 Å². The Morgan fingerprint density at radius 1 is 1.09 bits per heavy atom. The fourth-order valence-corrected chi connectivity index (χ4v) is 5.18. The van der Waals surface area contributed by atoms with E-state index in [4.69, 9.17) is 9.47 Å². The summed E-state index contributed by atoms with van der Waals surface area (Å²) in [5, 5.41) is 2.36.